The average Bonchev–Trinajstić information content (AvgIpc) is 2.29. The van der Waals surface area contributed by atoms with Gasteiger partial charge in [-0.1, -0.05) is 23.2 Å². The molecule has 0 aliphatic rings. The molecule has 0 fully saturated rings. The molecule has 17 heavy (non-hydrogen) atoms. The van der Waals surface area contributed by atoms with Crippen LogP contribution in [-0.2, 0) is 6.61 Å². The van der Waals surface area contributed by atoms with Crippen LogP contribution >= 0.6 is 23.2 Å². The van der Waals surface area contributed by atoms with Crippen LogP contribution in [0.3, 0.4) is 0 Å². The van der Waals surface area contributed by atoms with Crippen LogP contribution in [0.1, 0.15) is 5.56 Å². The molecule has 1 heterocycles. The number of pyridine rings is 1. The normalized spacial score (nSPS) is 10.2. The maximum atomic E-state index is 6.00. The van der Waals surface area contributed by atoms with Gasteiger partial charge in [0.1, 0.15) is 6.61 Å². The van der Waals surface area contributed by atoms with Crippen molar-refractivity contribution in [3.8, 4) is 5.75 Å². The lowest BCUT2D eigenvalue weighted by atomic mass is 10.3. The molecule has 0 unspecified atom stereocenters. The topological polar surface area (TPSA) is 48.1 Å². The van der Waals surface area contributed by atoms with Crippen LogP contribution in [0, 0.1) is 0 Å². The Hall–Kier alpha value is -1.45. The maximum Gasteiger partial charge on any atom is 0.157 e. The Labute approximate surface area is 109 Å². The van der Waals surface area contributed by atoms with Crippen molar-refractivity contribution in [1.82, 2.24) is 4.98 Å². The van der Waals surface area contributed by atoms with E-state index < -0.39 is 0 Å². The summed E-state index contributed by atoms with van der Waals surface area (Å²) in [7, 11) is 0. The number of anilines is 1. The molecule has 0 aliphatic heterocycles. The fourth-order valence-corrected chi connectivity index (χ4v) is 1.96. The minimum Gasteiger partial charge on any atom is -0.486 e. The van der Waals surface area contributed by atoms with E-state index in [1.165, 1.54) is 0 Å². The van der Waals surface area contributed by atoms with Gasteiger partial charge in [0.05, 0.1) is 10.0 Å². The number of benzene rings is 1. The number of nitrogen functional groups attached to an aromatic ring is 1. The van der Waals surface area contributed by atoms with E-state index in [2.05, 4.69) is 4.98 Å². The third-order valence-electron chi connectivity index (χ3n) is 2.15. The Morgan fingerprint density at radius 3 is 2.29 bits per heavy atom. The first kappa shape index (κ1) is 12.0. The number of nitrogens with two attached hydrogens (primary N) is 1. The Morgan fingerprint density at radius 2 is 1.71 bits per heavy atom. The van der Waals surface area contributed by atoms with Crippen molar-refractivity contribution in [2.24, 2.45) is 0 Å². The molecule has 3 nitrogen and oxygen atoms in total. The van der Waals surface area contributed by atoms with Crippen LogP contribution in [0.2, 0.25) is 10.0 Å². The van der Waals surface area contributed by atoms with Crippen LogP contribution in [0.25, 0.3) is 0 Å². The summed E-state index contributed by atoms with van der Waals surface area (Å²) in [6, 6.07) is 6.93. The highest BCUT2D eigenvalue weighted by atomic mass is 35.5. The lowest BCUT2D eigenvalue weighted by molar-refractivity contribution is 0.306. The van der Waals surface area contributed by atoms with E-state index in [1.807, 2.05) is 12.1 Å². The molecule has 1 aromatic heterocycles. The van der Waals surface area contributed by atoms with Crippen molar-refractivity contribution in [3.05, 3.63) is 52.3 Å². The average molecular weight is 269 g/mol. The highest BCUT2D eigenvalue weighted by Gasteiger charge is 2.08. The first-order valence-electron chi connectivity index (χ1n) is 4.93. The van der Waals surface area contributed by atoms with Gasteiger partial charge < -0.3 is 10.5 Å². The van der Waals surface area contributed by atoms with Crippen LogP contribution in [0.4, 0.5) is 5.69 Å². The number of rotatable bonds is 3. The van der Waals surface area contributed by atoms with Crippen molar-refractivity contribution in [2.45, 2.75) is 6.61 Å². The SMILES string of the molecule is Nc1cc(Cl)c(OCc2ccncc2)c(Cl)c1. The first-order chi connectivity index (χ1) is 8.16. The van der Waals surface area contributed by atoms with Gasteiger partial charge in [0, 0.05) is 18.1 Å². The number of halogens is 2. The maximum absolute atomic E-state index is 6.00. The van der Waals surface area contributed by atoms with Crippen LogP contribution in [0.15, 0.2) is 36.7 Å². The predicted molar refractivity (Wildman–Crippen MR) is 69.4 cm³/mol. The van der Waals surface area contributed by atoms with Gasteiger partial charge in [-0.3, -0.25) is 4.98 Å². The van der Waals surface area contributed by atoms with Crippen LogP contribution < -0.4 is 10.5 Å². The van der Waals surface area contributed by atoms with E-state index in [0.29, 0.717) is 28.1 Å². The summed E-state index contributed by atoms with van der Waals surface area (Å²) in [5.74, 6) is 0.444. The largest absolute Gasteiger partial charge is 0.486 e. The third-order valence-corrected chi connectivity index (χ3v) is 2.71. The molecule has 2 rings (SSSR count). The van der Waals surface area contributed by atoms with Gasteiger partial charge in [-0.25, -0.2) is 0 Å². The van der Waals surface area contributed by atoms with Crippen molar-refractivity contribution in [1.29, 1.82) is 0 Å². The van der Waals surface area contributed by atoms with E-state index in [0.717, 1.165) is 5.56 Å². The summed E-state index contributed by atoms with van der Waals surface area (Å²) in [4.78, 5) is 3.92. The highest BCUT2D eigenvalue weighted by Crippen LogP contribution is 2.35. The molecule has 2 N–H and O–H groups in total. The van der Waals surface area contributed by atoms with Gasteiger partial charge in [0.2, 0.25) is 0 Å². The van der Waals surface area contributed by atoms with E-state index in [4.69, 9.17) is 33.7 Å². The van der Waals surface area contributed by atoms with Crippen molar-refractivity contribution in [3.63, 3.8) is 0 Å². The molecular formula is C12H10Cl2N2O. The second kappa shape index (κ2) is 5.25. The van der Waals surface area contributed by atoms with Crippen molar-refractivity contribution >= 4 is 28.9 Å². The van der Waals surface area contributed by atoms with Gasteiger partial charge in [-0.05, 0) is 29.8 Å². The first-order valence-corrected chi connectivity index (χ1v) is 5.68. The van der Waals surface area contributed by atoms with Crippen molar-refractivity contribution in [2.75, 3.05) is 5.73 Å². The molecule has 5 heteroatoms. The van der Waals surface area contributed by atoms with Crippen LogP contribution in [0.5, 0.6) is 5.75 Å². The fraction of sp³-hybridized carbons (Fsp3) is 0.0833. The Bertz CT molecular complexity index is 494. The summed E-state index contributed by atoms with van der Waals surface area (Å²) >= 11 is 12.0. The molecule has 0 spiro atoms. The lowest BCUT2D eigenvalue weighted by Gasteiger charge is -2.10. The number of hydrogen-bond donors (Lipinski definition) is 1. The second-order valence-corrected chi connectivity index (χ2v) is 4.27. The van der Waals surface area contributed by atoms with E-state index in [-0.39, 0.29) is 0 Å². The number of ether oxygens (including phenoxy) is 1. The van der Waals surface area contributed by atoms with E-state index in [9.17, 15) is 0 Å². The molecule has 0 aliphatic carbocycles. The van der Waals surface area contributed by atoms with Crippen LogP contribution in [-0.4, -0.2) is 4.98 Å². The molecule has 88 valence electrons. The van der Waals surface area contributed by atoms with Crippen molar-refractivity contribution < 1.29 is 4.74 Å². The molecule has 0 saturated carbocycles. The van der Waals surface area contributed by atoms with Gasteiger partial charge in [0.25, 0.3) is 0 Å². The molecule has 0 atom stereocenters. The van der Waals surface area contributed by atoms with Gasteiger partial charge in [-0.2, -0.15) is 0 Å². The van der Waals surface area contributed by atoms with E-state index >= 15 is 0 Å². The third kappa shape index (κ3) is 3.02. The summed E-state index contributed by atoms with van der Waals surface area (Å²) in [5.41, 5.74) is 7.10. The van der Waals surface area contributed by atoms with Gasteiger partial charge in [-0.15, -0.1) is 0 Å². The molecule has 0 bridgehead atoms. The molecule has 0 radical (unpaired) electrons. The fourth-order valence-electron chi connectivity index (χ4n) is 1.35. The zero-order valence-corrected chi connectivity index (χ0v) is 10.4. The molecule has 2 aromatic rings. The smallest absolute Gasteiger partial charge is 0.157 e. The highest BCUT2D eigenvalue weighted by molar-refractivity contribution is 6.37. The standard InChI is InChI=1S/C12H10Cl2N2O/c13-10-5-9(15)6-11(14)12(10)17-7-8-1-3-16-4-2-8/h1-6H,7,15H2. The van der Waals surface area contributed by atoms with E-state index in [1.54, 1.807) is 24.5 Å². The number of hydrogen-bond acceptors (Lipinski definition) is 3. The quantitative estimate of drug-likeness (QED) is 0.867. The molecule has 0 saturated heterocycles. The number of aromatic nitrogens is 1. The molecule has 1 aromatic carbocycles. The Kier molecular flexibility index (Phi) is 3.71. The number of nitrogens with zero attached hydrogens (tertiary/aromatic N) is 1. The summed E-state index contributed by atoms with van der Waals surface area (Å²) in [6.07, 6.45) is 3.40. The molecular weight excluding hydrogens is 259 g/mol. The summed E-state index contributed by atoms with van der Waals surface area (Å²) < 4.78 is 5.56. The second-order valence-electron chi connectivity index (χ2n) is 3.46. The van der Waals surface area contributed by atoms with Gasteiger partial charge in [0.15, 0.2) is 5.75 Å². The van der Waals surface area contributed by atoms with Gasteiger partial charge >= 0.3 is 0 Å². The summed E-state index contributed by atoms with van der Waals surface area (Å²) in [5, 5.41) is 0.813. The monoisotopic (exact) mass is 268 g/mol. The Morgan fingerprint density at radius 1 is 1.12 bits per heavy atom. The lowest BCUT2D eigenvalue weighted by Crippen LogP contribution is -1.97. The zero-order chi connectivity index (χ0) is 12.3. The minimum absolute atomic E-state index is 0.381. The predicted octanol–water partition coefficient (Wildman–Crippen LogP) is 3.55. The summed E-state index contributed by atoms with van der Waals surface area (Å²) in [6.45, 7) is 0.381. The Balaban J connectivity index is 2.15. The minimum atomic E-state index is 0.381. The molecule has 0 amide bonds. The zero-order valence-electron chi connectivity index (χ0n) is 8.86.